The summed E-state index contributed by atoms with van der Waals surface area (Å²) in [5.41, 5.74) is 1.16. The first-order valence-corrected chi connectivity index (χ1v) is 6.28. The fraction of sp³-hybridized carbons (Fsp3) is 0.769. The quantitative estimate of drug-likeness (QED) is 0.724. The van der Waals surface area contributed by atoms with Gasteiger partial charge in [-0.2, -0.15) is 0 Å². The van der Waals surface area contributed by atoms with Crippen LogP contribution in [-0.4, -0.2) is 36.5 Å². The zero-order chi connectivity index (χ0) is 12.0. The van der Waals surface area contributed by atoms with Crippen LogP contribution >= 0.6 is 0 Å². The molecular formula is C13H24N2O. The minimum atomic E-state index is -0.0579. The Balaban J connectivity index is 2.26. The summed E-state index contributed by atoms with van der Waals surface area (Å²) in [5, 5.41) is 3.26. The number of hydrogen-bond acceptors (Lipinski definition) is 2. The maximum atomic E-state index is 12.0. The molecule has 0 aliphatic carbocycles. The lowest BCUT2D eigenvalue weighted by molar-refractivity contribution is -0.133. The molecule has 1 saturated heterocycles. The maximum Gasteiger partial charge on any atom is 0.239 e. The number of amides is 1. The molecule has 0 saturated carbocycles. The van der Waals surface area contributed by atoms with Crippen LogP contribution in [0.2, 0.25) is 0 Å². The Morgan fingerprint density at radius 2 is 2.00 bits per heavy atom. The number of carbonyl (C=O) groups is 1. The highest BCUT2D eigenvalue weighted by Gasteiger charge is 2.21. The highest BCUT2D eigenvalue weighted by Crippen LogP contribution is 2.09. The third-order valence-electron chi connectivity index (χ3n) is 3.04. The molecule has 1 fully saturated rings. The van der Waals surface area contributed by atoms with Gasteiger partial charge in [0.05, 0.1) is 6.04 Å². The number of nitrogens with one attached hydrogen (secondary N) is 1. The minimum Gasteiger partial charge on any atom is -0.341 e. The number of rotatable bonds is 5. The van der Waals surface area contributed by atoms with Gasteiger partial charge < -0.3 is 10.2 Å². The van der Waals surface area contributed by atoms with Gasteiger partial charge in [0.15, 0.2) is 0 Å². The molecule has 0 aromatic rings. The molecule has 0 aromatic heterocycles. The Hall–Kier alpha value is -0.830. The lowest BCUT2D eigenvalue weighted by atomic mass is 10.1. The van der Waals surface area contributed by atoms with Crippen LogP contribution in [0.3, 0.4) is 0 Å². The van der Waals surface area contributed by atoms with Crippen molar-refractivity contribution in [1.29, 1.82) is 0 Å². The molecule has 0 spiro atoms. The van der Waals surface area contributed by atoms with E-state index >= 15 is 0 Å². The predicted octanol–water partition coefficient (Wildman–Crippen LogP) is 1.94. The molecule has 92 valence electrons. The van der Waals surface area contributed by atoms with Crippen molar-refractivity contribution in [1.82, 2.24) is 10.2 Å². The SMILES string of the molecule is C=C(C)CCNC(C)C(=O)N1CCCCC1. The van der Waals surface area contributed by atoms with Gasteiger partial charge in [-0.15, -0.1) is 6.58 Å². The molecule has 1 unspecified atom stereocenters. The number of hydrogen-bond donors (Lipinski definition) is 1. The first-order valence-electron chi connectivity index (χ1n) is 6.28. The van der Waals surface area contributed by atoms with Crippen molar-refractivity contribution in [3.8, 4) is 0 Å². The lowest BCUT2D eigenvalue weighted by Gasteiger charge is -2.29. The molecule has 3 nitrogen and oxygen atoms in total. The van der Waals surface area contributed by atoms with Gasteiger partial charge in [0, 0.05) is 13.1 Å². The third-order valence-corrected chi connectivity index (χ3v) is 3.04. The second kappa shape index (κ2) is 6.69. The standard InChI is InChI=1S/C13H24N2O/c1-11(2)7-8-14-12(3)13(16)15-9-5-4-6-10-15/h12,14H,1,4-10H2,2-3H3. The van der Waals surface area contributed by atoms with Gasteiger partial charge in [0.25, 0.3) is 0 Å². The molecule has 3 heteroatoms. The monoisotopic (exact) mass is 224 g/mol. The molecule has 1 amide bonds. The van der Waals surface area contributed by atoms with E-state index in [0.717, 1.165) is 44.5 Å². The summed E-state index contributed by atoms with van der Waals surface area (Å²) in [6.45, 7) is 10.5. The van der Waals surface area contributed by atoms with Crippen molar-refractivity contribution in [3.63, 3.8) is 0 Å². The highest BCUT2D eigenvalue weighted by molar-refractivity contribution is 5.81. The van der Waals surface area contributed by atoms with Crippen molar-refractivity contribution < 1.29 is 4.79 Å². The smallest absolute Gasteiger partial charge is 0.239 e. The normalized spacial score (nSPS) is 18.2. The summed E-state index contributed by atoms with van der Waals surface area (Å²) < 4.78 is 0. The summed E-state index contributed by atoms with van der Waals surface area (Å²) in [7, 11) is 0. The van der Waals surface area contributed by atoms with Crippen LogP contribution in [0.1, 0.15) is 39.5 Å². The first kappa shape index (κ1) is 13.2. The van der Waals surface area contributed by atoms with E-state index in [0.29, 0.717) is 0 Å². The van der Waals surface area contributed by atoms with Crippen LogP contribution in [0.4, 0.5) is 0 Å². The van der Waals surface area contributed by atoms with Crippen LogP contribution in [0.5, 0.6) is 0 Å². The fourth-order valence-electron chi connectivity index (χ4n) is 1.98. The van der Waals surface area contributed by atoms with E-state index in [2.05, 4.69) is 11.9 Å². The molecule has 0 aromatic carbocycles. The molecule has 1 heterocycles. The average molecular weight is 224 g/mol. The second-order valence-corrected chi connectivity index (χ2v) is 4.77. The molecule has 1 rings (SSSR count). The number of likely N-dealkylation sites (tertiary alicyclic amines) is 1. The first-order chi connectivity index (χ1) is 7.61. The van der Waals surface area contributed by atoms with Crippen molar-refractivity contribution in [2.24, 2.45) is 0 Å². The Morgan fingerprint density at radius 3 is 2.56 bits per heavy atom. The molecule has 1 atom stereocenters. The van der Waals surface area contributed by atoms with Crippen LogP contribution in [0, 0.1) is 0 Å². The van der Waals surface area contributed by atoms with E-state index in [-0.39, 0.29) is 11.9 Å². The summed E-state index contributed by atoms with van der Waals surface area (Å²) >= 11 is 0. The maximum absolute atomic E-state index is 12.0. The van der Waals surface area contributed by atoms with Gasteiger partial charge in [-0.3, -0.25) is 4.79 Å². The van der Waals surface area contributed by atoms with E-state index in [1.165, 1.54) is 6.42 Å². The fourth-order valence-corrected chi connectivity index (χ4v) is 1.98. The summed E-state index contributed by atoms with van der Waals surface area (Å²) in [6, 6.07) is -0.0579. The van der Waals surface area contributed by atoms with Crippen molar-refractivity contribution in [2.45, 2.75) is 45.6 Å². The molecule has 1 aliphatic rings. The summed E-state index contributed by atoms with van der Waals surface area (Å²) in [4.78, 5) is 14.0. The molecule has 0 bridgehead atoms. The Bertz CT molecular complexity index is 244. The van der Waals surface area contributed by atoms with Crippen LogP contribution in [-0.2, 0) is 4.79 Å². The number of nitrogens with zero attached hydrogens (tertiary/aromatic N) is 1. The largest absolute Gasteiger partial charge is 0.341 e. The van der Waals surface area contributed by atoms with Crippen molar-refractivity contribution >= 4 is 5.91 Å². The Morgan fingerprint density at radius 1 is 1.38 bits per heavy atom. The molecule has 1 aliphatic heterocycles. The van der Waals surface area contributed by atoms with Gasteiger partial charge in [-0.1, -0.05) is 5.57 Å². The van der Waals surface area contributed by atoms with E-state index in [1.54, 1.807) is 0 Å². The third kappa shape index (κ3) is 4.35. The topological polar surface area (TPSA) is 32.3 Å². The zero-order valence-electron chi connectivity index (χ0n) is 10.6. The van der Waals surface area contributed by atoms with Crippen LogP contribution in [0.15, 0.2) is 12.2 Å². The predicted molar refractivity (Wildman–Crippen MR) is 67.3 cm³/mol. The van der Waals surface area contributed by atoms with Gasteiger partial charge in [-0.25, -0.2) is 0 Å². The van der Waals surface area contributed by atoms with Crippen molar-refractivity contribution in [2.75, 3.05) is 19.6 Å². The zero-order valence-corrected chi connectivity index (χ0v) is 10.6. The molecule has 1 N–H and O–H groups in total. The highest BCUT2D eigenvalue weighted by atomic mass is 16.2. The summed E-state index contributed by atoms with van der Waals surface area (Å²) in [5.74, 6) is 0.251. The van der Waals surface area contributed by atoms with Crippen LogP contribution in [0.25, 0.3) is 0 Å². The van der Waals surface area contributed by atoms with E-state index < -0.39 is 0 Å². The van der Waals surface area contributed by atoms with E-state index in [4.69, 9.17) is 0 Å². The number of piperidine rings is 1. The number of carbonyl (C=O) groups excluding carboxylic acids is 1. The van der Waals surface area contributed by atoms with Gasteiger partial charge in [-0.05, 0) is 46.1 Å². The van der Waals surface area contributed by atoms with Gasteiger partial charge in [0.1, 0.15) is 0 Å². The van der Waals surface area contributed by atoms with Crippen LogP contribution < -0.4 is 5.32 Å². The minimum absolute atomic E-state index is 0.0579. The Labute approximate surface area is 98.9 Å². The van der Waals surface area contributed by atoms with E-state index in [9.17, 15) is 4.79 Å². The van der Waals surface area contributed by atoms with E-state index in [1.807, 2.05) is 18.7 Å². The summed E-state index contributed by atoms with van der Waals surface area (Å²) in [6.07, 6.45) is 4.52. The lowest BCUT2D eigenvalue weighted by Crippen LogP contribution is -2.47. The van der Waals surface area contributed by atoms with Gasteiger partial charge in [0.2, 0.25) is 5.91 Å². The molecule has 16 heavy (non-hydrogen) atoms. The second-order valence-electron chi connectivity index (χ2n) is 4.77. The van der Waals surface area contributed by atoms with Gasteiger partial charge >= 0.3 is 0 Å². The molecule has 0 radical (unpaired) electrons. The Kier molecular flexibility index (Phi) is 5.53. The van der Waals surface area contributed by atoms with Crippen molar-refractivity contribution in [3.05, 3.63) is 12.2 Å². The molecular weight excluding hydrogens is 200 g/mol. The average Bonchev–Trinajstić information content (AvgIpc) is 2.28.